The molecule has 1 amide bonds. The van der Waals surface area contributed by atoms with Gasteiger partial charge in [0.05, 0.1) is 11.4 Å². The predicted molar refractivity (Wildman–Crippen MR) is 90.7 cm³/mol. The fourth-order valence-corrected chi connectivity index (χ4v) is 3.19. The van der Waals surface area contributed by atoms with Crippen molar-refractivity contribution in [3.8, 4) is 5.69 Å². The molecule has 1 aliphatic heterocycles. The summed E-state index contributed by atoms with van der Waals surface area (Å²) in [4.78, 5) is 14.5. The van der Waals surface area contributed by atoms with Crippen LogP contribution in [0.15, 0.2) is 30.3 Å². The fraction of sp³-hybridized carbons (Fsp3) is 0.444. The Morgan fingerprint density at radius 2 is 1.87 bits per heavy atom. The molecule has 3 rings (SSSR count). The van der Waals surface area contributed by atoms with Gasteiger partial charge in [-0.3, -0.25) is 4.79 Å². The maximum Gasteiger partial charge on any atom is 0.253 e. The van der Waals surface area contributed by atoms with E-state index in [1.165, 1.54) is 0 Å². The second-order valence-electron chi connectivity index (χ2n) is 6.36. The number of carbonyl (C=O) groups is 1. The molecule has 2 N–H and O–H groups in total. The van der Waals surface area contributed by atoms with Crippen LogP contribution < -0.4 is 5.73 Å². The second-order valence-corrected chi connectivity index (χ2v) is 6.36. The Kier molecular flexibility index (Phi) is 4.48. The van der Waals surface area contributed by atoms with E-state index < -0.39 is 0 Å². The van der Waals surface area contributed by atoms with Crippen LogP contribution in [0.1, 0.15) is 34.6 Å². The van der Waals surface area contributed by atoms with E-state index in [0.717, 1.165) is 55.1 Å². The van der Waals surface area contributed by atoms with E-state index in [1.807, 2.05) is 53.8 Å². The third kappa shape index (κ3) is 3.29. The van der Waals surface area contributed by atoms with Crippen molar-refractivity contribution in [1.82, 2.24) is 14.7 Å². The number of piperidine rings is 1. The number of rotatable bonds is 3. The summed E-state index contributed by atoms with van der Waals surface area (Å²) in [5.74, 6) is 0.674. The molecule has 5 heteroatoms. The molecule has 2 heterocycles. The number of likely N-dealkylation sites (tertiary alicyclic amines) is 1. The zero-order chi connectivity index (χ0) is 16.4. The number of benzene rings is 1. The van der Waals surface area contributed by atoms with Gasteiger partial charge in [0.15, 0.2) is 0 Å². The molecule has 5 nitrogen and oxygen atoms in total. The van der Waals surface area contributed by atoms with Gasteiger partial charge in [-0.1, -0.05) is 0 Å². The number of aryl methyl sites for hydroxylation is 2. The lowest BCUT2D eigenvalue weighted by Crippen LogP contribution is -2.40. The molecule has 0 atom stereocenters. The number of nitrogens with two attached hydrogens (primary N) is 1. The number of nitrogens with zero attached hydrogens (tertiary/aromatic N) is 3. The Morgan fingerprint density at radius 3 is 2.39 bits per heavy atom. The summed E-state index contributed by atoms with van der Waals surface area (Å²) in [6.45, 7) is 6.34. The van der Waals surface area contributed by atoms with Gasteiger partial charge < -0.3 is 10.6 Å². The van der Waals surface area contributed by atoms with E-state index >= 15 is 0 Å². The summed E-state index contributed by atoms with van der Waals surface area (Å²) >= 11 is 0. The monoisotopic (exact) mass is 312 g/mol. The van der Waals surface area contributed by atoms with Crippen LogP contribution in [0.2, 0.25) is 0 Å². The maximum absolute atomic E-state index is 12.6. The molecule has 1 aromatic carbocycles. The van der Waals surface area contributed by atoms with Crippen LogP contribution in [-0.2, 0) is 0 Å². The van der Waals surface area contributed by atoms with Crippen molar-refractivity contribution in [2.24, 2.45) is 11.7 Å². The van der Waals surface area contributed by atoms with Crippen molar-refractivity contribution in [3.05, 3.63) is 47.3 Å². The largest absolute Gasteiger partial charge is 0.339 e. The molecule has 0 saturated carbocycles. The summed E-state index contributed by atoms with van der Waals surface area (Å²) in [5, 5.41) is 4.47. The van der Waals surface area contributed by atoms with E-state index in [-0.39, 0.29) is 5.91 Å². The van der Waals surface area contributed by atoms with E-state index in [0.29, 0.717) is 5.92 Å². The highest BCUT2D eigenvalue weighted by Gasteiger charge is 2.22. The lowest BCUT2D eigenvalue weighted by atomic mass is 9.96. The van der Waals surface area contributed by atoms with Crippen LogP contribution in [0.25, 0.3) is 5.69 Å². The molecular weight excluding hydrogens is 288 g/mol. The van der Waals surface area contributed by atoms with Crippen molar-refractivity contribution in [1.29, 1.82) is 0 Å². The average Bonchev–Trinajstić information content (AvgIpc) is 2.93. The second kappa shape index (κ2) is 6.54. The normalized spacial score (nSPS) is 15.9. The van der Waals surface area contributed by atoms with E-state index in [9.17, 15) is 4.79 Å². The van der Waals surface area contributed by atoms with Gasteiger partial charge in [-0.15, -0.1) is 0 Å². The average molecular weight is 312 g/mol. The first kappa shape index (κ1) is 15.7. The van der Waals surface area contributed by atoms with Gasteiger partial charge in [0.1, 0.15) is 0 Å². The van der Waals surface area contributed by atoms with Gasteiger partial charge in [-0.25, -0.2) is 4.68 Å². The minimum absolute atomic E-state index is 0.111. The summed E-state index contributed by atoms with van der Waals surface area (Å²) in [6, 6.07) is 9.74. The third-order valence-corrected chi connectivity index (χ3v) is 4.60. The number of hydrogen-bond acceptors (Lipinski definition) is 3. The number of hydrogen-bond donors (Lipinski definition) is 1. The number of carbonyl (C=O) groups excluding carboxylic acids is 1. The summed E-state index contributed by atoms with van der Waals surface area (Å²) < 4.78 is 1.90. The van der Waals surface area contributed by atoms with Crippen molar-refractivity contribution in [2.75, 3.05) is 19.6 Å². The molecule has 1 fully saturated rings. The van der Waals surface area contributed by atoms with Crippen LogP contribution in [0, 0.1) is 19.8 Å². The zero-order valence-corrected chi connectivity index (χ0v) is 13.8. The Morgan fingerprint density at radius 1 is 1.22 bits per heavy atom. The molecule has 0 spiro atoms. The number of aromatic nitrogens is 2. The molecule has 0 aliphatic carbocycles. The van der Waals surface area contributed by atoms with Crippen molar-refractivity contribution in [3.63, 3.8) is 0 Å². The minimum atomic E-state index is 0.111. The van der Waals surface area contributed by atoms with Gasteiger partial charge in [0, 0.05) is 24.3 Å². The molecule has 0 unspecified atom stereocenters. The van der Waals surface area contributed by atoms with Crippen LogP contribution >= 0.6 is 0 Å². The zero-order valence-electron chi connectivity index (χ0n) is 13.8. The molecule has 1 aromatic heterocycles. The minimum Gasteiger partial charge on any atom is -0.339 e. The van der Waals surface area contributed by atoms with Gasteiger partial charge in [-0.05, 0) is 69.5 Å². The van der Waals surface area contributed by atoms with Crippen LogP contribution in [0.5, 0.6) is 0 Å². The van der Waals surface area contributed by atoms with E-state index in [2.05, 4.69) is 5.10 Å². The molecule has 122 valence electrons. The van der Waals surface area contributed by atoms with Crippen molar-refractivity contribution in [2.45, 2.75) is 26.7 Å². The first-order valence-electron chi connectivity index (χ1n) is 8.21. The van der Waals surface area contributed by atoms with Crippen LogP contribution in [-0.4, -0.2) is 40.2 Å². The highest BCUT2D eigenvalue weighted by atomic mass is 16.2. The number of amides is 1. The molecule has 1 saturated heterocycles. The predicted octanol–water partition coefficient (Wildman–Crippen LogP) is 2.30. The summed E-state index contributed by atoms with van der Waals surface area (Å²) in [5.41, 5.74) is 9.51. The van der Waals surface area contributed by atoms with Crippen LogP contribution in [0.3, 0.4) is 0 Å². The third-order valence-electron chi connectivity index (χ3n) is 4.60. The summed E-state index contributed by atoms with van der Waals surface area (Å²) in [6.07, 6.45) is 2.01. The van der Waals surface area contributed by atoms with Gasteiger partial charge in [0.2, 0.25) is 0 Å². The lowest BCUT2D eigenvalue weighted by molar-refractivity contribution is 0.0693. The standard InChI is InChI=1S/C18H24N4O/c1-13-11-14(2)22(20-13)17-5-3-16(4-6-17)18(23)21-9-7-15(12-19)8-10-21/h3-6,11,15H,7-10,12,19H2,1-2H3. The fourth-order valence-electron chi connectivity index (χ4n) is 3.19. The lowest BCUT2D eigenvalue weighted by Gasteiger charge is -2.31. The first-order valence-corrected chi connectivity index (χ1v) is 8.21. The summed E-state index contributed by atoms with van der Waals surface area (Å²) in [7, 11) is 0. The van der Waals surface area contributed by atoms with Crippen LogP contribution in [0.4, 0.5) is 0 Å². The van der Waals surface area contributed by atoms with Gasteiger partial charge in [0.25, 0.3) is 5.91 Å². The molecule has 0 radical (unpaired) electrons. The Hall–Kier alpha value is -2.14. The first-order chi connectivity index (χ1) is 11.1. The highest BCUT2D eigenvalue weighted by molar-refractivity contribution is 5.94. The molecule has 2 aromatic rings. The Bertz CT molecular complexity index is 682. The smallest absolute Gasteiger partial charge is 0.253 e. The molecule has 23 heavy (non-hydrogen) atoms. The SMILES string of the molecule is Cc1cc(C)n(-c2ccc(C(=O)N3CCC(CN)CC3)cc2)n1. The van der Waals surface area contributed by atoms with Gasteiger partial charge >= 0.3 is 0 Å². The highest BCUT2D eigenvalue weighted by Crippen LogP contribution is 2.19. The Balaban J connectivity index is 1.72. The maximum atomic E-state index is 12.6. The van der Waals surface area contributed by atoms with E-state index in [1.54, 1.807) is 0 Å². The topological polar surface area (TPSA) is 64.2 Å². The molecular formula is C18H24N4O. The van der Waals surface area contributed by atoms with Gasteiger partial charge in [-0.2, -0.15) is 5.10 Å². The van der Waals surface area contributed by atoms with Crippen molar-refractivity contribution < 1.29 is 4.79 Å². The molecule has 0 bridgehead atoms. The Labute approximate surface area is 137 Å². The quantitative estimate of drug-likeness (QED) is 0.946. The molecule has 1 aliphatic rings. The van der Waals surface area contributed by atoms with Crippen molar-refractivity contribution >= 4 is 5.91 Å². The van der Waals surface area contributed by atoms with E-state index in [4.69, 9.17) is 5.73 Å².